The van der Waals surface area contributed by atoms with Crippen LogP contribution in [0, 0.1) is 17.8 Å². The van der Waals surface area contributed by atoms with Crippen LogP contribution in [-0.4, -0.2) is 16.0 Å². The fourth-order valence-corrected chi connectivity index (χ4v) is 2.86. The quantitative estimate of drug-likeness (QED) is 0.365. The van der Waals surface area contributed by atoms with Gasteiger partial charge >= 0.3 is 0 Å². The topological polar surface area (TPSA) is 71.5 Å². The molecule has 0 radical (unpaired) electrons. The number of nitrogens with two attached hydrogens (primary N) is 1. The van der Waals surface area contributed by atoms with Crippen molar-refractivity contribution in [1.29, 1.82) is 0 Å². The highest BCUT2D eigenvalue weighted by molar-refractivity contribution is 6.30. The third kappa shape index (κ3) is 1.69. The molecule has 88 valence electrons. The number of aromatic nitrogens is 1. The van der Waals surface area contributed by atoms with E-state index < -0.39 is 0 Å². The second-order valence-electron chi connectivity index (χ2n) is 4.55. The van der Waals surface area contributed by atoms with Gasteiger partial charge in [-0.2, -0.15) is 0 Å². The Morgan fingerprint density at radius 1 is 1.59 bits per heavy atom. The van der Waals surface area contributed by atoms with Gasteiger partial charge in [0.15, 0.2) is 0 Å². The lowest BCUT2D eigenvalue weighted by Crippen LogP contribution is -2.16. The van der Waals surface area contributed by atoms with Crippen molar-refractivity contribution in [3.05, 3.63) is 35.1 Å². The molecule has 0 aliphatic heterocycles. The molecule has 17 heavy (non-hydrogen) atoms. The summed E-state index contributed by atoms with van der Waals surface area (Å²) in [5, 5.41) is 12.4. The third-order valence-electron chi connectivity index (χ3n) is 3.59. The minimum Gasteiger partial charge on any atom is -0.409 e. The van der Waals surface area contributed by atoms with E-state index in [1.54, 1.807) is 12.3 Å². The van der Waals surface area contributed by atoms with Gasteiger partial charge in [0.2, 0.25) is 0 Å². The molecule has 3 atom stereocenters. The summed E-state index contributed by atoms with van der Waals surface area (Å²) in [6, 6.07) is 3.64. The van der Waals surface area contributed by atoms with E-state index in [0.29, 0.717) is 22.7 Å². The molecule has 0 saturated heterocycles. The van der Waals surface area contributed by atoms with Gasteiger partial charge in [0.05, 0.1) is 5.69 Å². The predicted molar refractivity (Wildman–Crippen MR) is 65.7 cm³/mol. The van der Waals surface area contributed by atoms with Crippen molar-refractivity contribution in [3.8, 4) is 0 Å². The first-order chi connectivity index (χ1) is 8.20. The first kappa shape index (κ1) is 10.6. The molecule has 2 aliphatic carbocycles. The van der Waals surface area contributed by atoms with Gasteiger partial charge in [-0.25, -0.2) is 0 Å². The van der Waals surface area contributed by atoms with E-state index in [0.717, 1.165) is 12.1 Å². The number of nitrogens with zero attached hydrogens (tertiary/aromatic N) is 2. The van der Waals surface area contributed by atoms with Gasteiger partial charge in [-0.1, -0.05) is 22.8 Å². The number of hydrogen-bond acceptors (Lipinski definition) is 3. The molecule has 3 rings (SSSR count). The van der Waals surface area contributed by atoms with Crippen molar-refractivity contribution >= 4 is 23.0 Å². The van der Waals surface area contributed by atoms with Crippen LogP contribution in [0.25, 0.3) is 5.57 Å². The average Bonchev–Trinajstić information content (AvgIpc) is 2.82. The average molecular weight is 250 g/mol. The van der Waals surface area contributed by atoms with Crippen LogP contribution in [0.5, 0.6) is 0 Å². The van der Waals surface area contributed by atoms with Gasteiger partial charge in [0, 0.05) is 17.1 Å². The Bertz CT molecular complexity index is 526. The first-order valence-electron chi connectivity index (χ1n) is 5.50. The molecule has 0 amide bonds. The smallest absolute Gasteiger partial charge is 0.143 e. The maximum Gasteiger partial charge on any atom is 0.143 e. The molecule has 2 aliphatic rings. The number of halogens is 1. The number of rotatable bonds is 2. The van der Waals surface area contributed by atoms with Crippen LogP contribution in [0.1, 0.15) is 12.1 Å². The fourth-order valence-electron chi connectivity index (χ4n) is 2.70. The molecule has 1 heterocycles. The van der Waals surface area contributed by atoms with E-state index >= 15 is 0 Å². The minimum absolute atomic E-state index is 0.211. The molecule has 1 aromatic rings. The zero-order chi connectivity index (χ0) is 12.0. The molecule has 3 unspecified atom stereocenters. The zero-order valence-corrected chi connectivity index (χ0v) is 9.80. The van der Waals surface area contributed by atoms with Crippen molar-refractivity contribution in [3.63, 3.8) is 0 Å². The zero-order valence-electron chi connectivity index (χ0n) is 9.05. The summed E-state index contributed by atoms with van der Waals surface area (Å²) in [5.74, 6) is 1.43. The van der Waals surface area contributed by atoms with Crippen LogP contribution >= 0.6 is 11.6 Å². The van der Waals surface area contributed by atoms with Crippen molar-refractivity contribution in [1.82, 2.24) is 4.98 Å². The fraction of sp³-hybridized carbons (Fsp3) is 0.333. The van der Waals surface area contributed by atoms with Gasteiger partial charge in [-0.05, 0) is 36.0 Å². The molecule has 4 nitrogen and oxygen atoms in total. The second-order valence-corrected chi connectivity index (χ2v) is 4.98. The van der Waals surface area contributed by atoms with Crippen LogP contribution in [0.15, 0.2) is 29.6 Å². The van der Waals surface area contributed by atoms with Crippen LogP contribution in [0.2, 0.25) is 5.02 Å². The molecule has 1 fully saturated rings. The Labute approximate surface area is 104 Å². The van der Waals surface area contributed by atoms with Crippen molar-refractivity contribution in [2.24, 2.45) is 28.6 Å². The largest absolute Gasteiger partial charge is 0.409 e. The number of hydrogen-bond donors (Lipinski definition) is 2. The third-order valence-corrected chi connectivity index (χ3v) is 3.82. The van der Waals surface area contributed by atoms with E-state index in [2.05, 4.69) is 16.2 Å². The molecule has 0 bridgehead atoms. The van der Waals surface area contributed by atoms with E-state index in [1.807, 2.05) is 6.07 Å². The molecule has 0 aromatic carbocycles. The van der Waals surface area contributed by atoms with Crippen molar-refractivity contribution < 1.29 is 5.21 Å². The van der Waals surface area contributed by atoms with Crippen molar-refractivity contribution in [2.45, 2.75) is 6.42 Å². The highest BCUT2D eigenvalue weighted by Gasteiger charge is 2.55. The Morgan fingerprint density at radius 3 is 3.00 bits per heavy atom. The lowest BCUT2D eigenvalue weighted by molar-refractivity contribution is 0.316. The summed E-state index contributed by atoms with van der Waals surface area (Å²) in [5.41, 5.74) is 7.76. The summed E-state index contributed by atoms with van der Waals surface area (Å²) < 4.78 is 0. The second kappa shape index (κ2) is 3.74. The lowest BCUT2D eigenvalue weighted by atomic mass is 10.1. The number of oxime groups is 1. The predicted octanol–water partition coefficient (Wildman–Crippen LogP) is 2.13. The monoisotopic (exact) mass is 249 g/mol. The Kier molecular flexibility index (Phi) is 2.33. The Morgan fingerprint density at radius 2 is 2.41 bits per heavy atom. The minimum atomic E-state index is 0.211. The maximum absolute atomic E-state index is 8.63. The van der Waals surface area contributed by atoms with Gasteiger partial charge in [0.25, 0.3) is 0 Å². The Hall–Kier alpha value is -1.55. The van der Waals surface area contributed by atoms with Crippen LogP contribution in [-0.2, 0) is 0 Å². The van der Waals surface area contributed by atoms with Gasteiger partial charge in [0.1, 0.15) is 5.84 Å². The number of amidine groups is 1. The molecule has 3 N–H and O–H groups in total. The highest BCUT2D eigenvalue weighted by atomic mass is 35.5. The SMILES string of the molecule is N/C(=N\O)C1C2C=C(c3cc(Cl)ccn3)CC21. The van der Waals surface area contributed by atoms with Gasteiger partial charge in [-0.15, -0.1) is 0 Å². The normalized spacial score (nSPS) is 31.0. The molecule has 1 aromatic heterocycles. The molecule has 0 spiro atoms. The number of fused-ring (bicyclic) bond motifs is 1. The molecular formula is C12H12ClN3O. The van der Waals surface area contributed by atoms with Crippen molar-refractivity contribution in [2.75, 3.05) is 0 Å². The first-order valence-corrected chi connectivity index (χ1v) is 5.88. The summed E-state index contributed by atoms with van der Waals surface area (Å²) >= 11 is 5.93. The highest BCUT2D eigenvalue weighted by Crippen LogP contribution is 2.57. The van der Waals surface area contributed by atoms with E-state index in [4.69, 9.17) is 22.5 Å². The summed E-state index contributed by atoms with van der Waals surface area (Å²) in [6.07, 6.45) is 4.81. The maximum atomic E-state index is 8.63. The van der Waals surface area contributed by atoms with E-state index in [-0.39, 0.29) is 5.92 Å². The van der Waals surface area contributed by atoms with Gasteiger partial charge < -0.3 is 10.9 Å². The molecule has 5 heteroatoms. The van der Waals surface area contributed by atoms with Crippen LogP contribution in [0.4, 0.5) is 0 Å². The molecule has 1 saturated carbocycles. The summed E-state index contributed by atoms with van der Waals surface area (Å²) in [7, 11) is 0. The standard InChI is InChI=1S/C12H12ClN3O/c13-7-1-2-15-10(5-7)6-3-8-9(4-6)11(8)12(14)16-17/h1-3,5,8-9,11,17H,4H2,(H2,14,16). The lowest BCUT2D eigenvalue weighted by Gasteiger charge is -2.05. The van der Waals surface area contributed by atoms with Crippen LogP contribution in [0.3, 0.4) is 0 Å². The van der Waals surface area contributed by atoms with E-state index in [1.165, 1.54) is 5.57 Å². The Balaban J connectivity index is 1.80. The van der Waals surface area contributed by atoms with Gasteiger partial charge in [-0.3, -0.25) is 4.98 Å². The number of allylic oxidation sites excluding steroid dienone is 2. The van der Waals surface area contributed by atoms with Crippen LogP contribution < -0.4 is 5.73 Å². The molecular weight excluding hydrogens is 238 g/mol. The van der Waals surface area contributed by atoms with E-state index in [9.17, 15) is 0 Å². The summed E-state index contributed by atoms with van der Waals surface area (Å²) in [4.78, 5) is 4.30. The summed E-state index contributed by atoms with van der Waals surface area (Å²) in [6.45, 7) is 0. The number of pyridine rings is 1.